The summed E-state index contributed by atoms with van der Waals surface area (Å²) in [5.41, 5.74) is 10.4. The third-order valence-electron chi connectivity index (χ3n) is 4.79. The smallest absolute Gasteiger partial charge is 0.292 e. The summed E-state index contributed by atoms with van der Waals surface area (Å²) in [6, 6.07) is 5.70. The molecule has 0 saturated carbocycles. The molecule has 0 bridgehead atoms. The van der Waals surface area contributed by atoms with Gasteiger partial charge in [-0.2, -0.15) is 0 Å². The molecule has 0 saturated heterocycles. The number of nitrogens with zero attached hydrogens (tertiary/aromatic N) is 2. The van der Waals surface area contributed by atoms with E-state index in [2.05, 4.69) is 23.8 Å². The Labute approximate surface area is 144 Å². The van der Waals surface area contributed by atoms with Crippen molar-refractivity contribution in [2.75, 3.05) is 5.73 Å². The Morgan fingerprint density at radius 3 is 2.96 bits per heavy atom. The fourth-order valence-corrected chi connectivity index (χ4v) is 3.45. The van der Waals surface area contributed by atoms with Gasteiger partial charge in [0.15, 0.2) is 5.78 Å². The molecule has 4 rings (SSSR count). The van der Waals surface area contributed by atoms with Gasteiger partial charge in [0.1, 0.15) is 5.82 Å². The number of fused-ring (bicyclic) bond motifs is 5. The molecule has 0 radical (unpaired) electrons. The summed E-state index contributed by atoms with van der Waals surface area (Å²) < 4.78 is 1.70. The van der Waals surface area contributed by atoms with Crippen LogP contribution >= 0.6 is 0 Å². The number of benzene rings is 1. The molecule has 0 fully saturated rings. The van der Waals surface area contributed by atoms with Crippen LogP contribution in [0.1, 0.15) is 48.3 Å². The molecule has 3 aromatic rings. The number of aromatic nitrogens is 3. The second-order valence-electron chi connectivity index (χ2n) is 7.02. The topological polar surface area (TPSA) is 93.2 Å². The zero-order chi connectivity index (χ0) is 17.7. The number of nitrogens with one attached hydrogen (secondary N) is 1. The van der Waals surface area contributed by atoms with Gasteiger partial charge in [-0.05, 0) is 24.0 Å². The first-order chi connectivity index (χ1) is 12.0. The number of Topliss-reactive ketones (excluding diaryl/α,β-unsaturated/α-hetero) is 1. The van der Waals surface area contributed by atoms with Crippen molar-refractivity contribution in [2.45, 2.75) is 33.1 Å². The third-order valence-corrected chi connectivity index (χ3v) is 4.79. The van der Waals surface area contributed by atoms with Gasteiger partial charge in [-0.1, -0.05) is 26.0 Å². The molecule has 25 heavy (non-hydrogen) atoms. The van der Waals surface area contributed by atoms with Gasteiger partial charge in [-0.3, -0.25) is 14.0 Å². The fourth-order valence-electron chi connectivity index (χ4n) is 3.45. The minimum absolute atomic E-state index is 0.160. The van der Waals surface area contributed by atoms with E-state index >= 15 is 0 Å². The van der Waals surface area contributed by atoms with E-state index in [1.54, 1.807) is 4.40 Å². The number of hydrogen-bond donors (Lipinski definition) is 2. The average molecular weight is 336 g/mol. The Hall–Kier alpha value is -2.89. The van der Waals surface area contributed by atoms with Crippen LogP contribution in [0.3, 0.4) is 0 Å². The number of nitrogens with two attached hydrogens (primary N) is 1. The summed E-state index contributed by atoms with van der Waals surface area (Å²) in [6.45, 7) is 4.23. The lowest BCUT2D eigenvalue weighted by atomic mass is 9.98. The minimum Gasteiger partial charge on any atom is -0.383 e. The van der Waals surface area contributed by atoms with Gasteiger partial charge in [0, 0.05) is 24.0 Å². The number of imidazole rings is 1. The quantitative estimate of drug-likeness (QED) is 0.560. The predicted octanol–water partition coefficient (Wildman–Crippen LogP) is 2.79. The number of anilines is 1. The molecule has 3 N–H and O–H groups in total. The molecule has 0 amide bonds. The normalized spacial score (nSPS) is 12.6. The van der Waals surface area contributed by atoms with Gasteiger partial charge in [0.25, 0.3) is 5.56 Å². The Morgan fingerprint density at radius 1 is 1.40 bits per heavy atom. The first-order valence-corrected chi connectivity index (χ1v) is 8.50. The Morgan fingerprint density at radius 2 is 2.20 bits per heavy atom. The molecule has 6 heteroatoms. The maximum absolute atomic E-state index is 12.4. The van der Waals surface area contributed by atoms with Crippen LogP contribution in [0.5, 0.6) is 0 Å². The van der Waals surface area contributed by atoms with E-state index in [0.29, 0.717) is 30.2 Å². The molecule has 0 unspecified atom stereocenters. The first-order valence-electron chi connectivity index (χ1n) is 8.50. The van der Waals surface area contributed by atoms with Gasteiger partial charge in [0.2, 0.25) is 5.65 Å². The van der Waals surface area contributed by atoms with Gasteiger partial charge < -0.3 is 10.7 Å². The maximum Gasteiger partial charge on any atom is 0.292 e. The maximum atomic E-state index is 12.4. The lowest BCUT2D eigenvalue weighted by molar-refractivity contribution is 0.0975. The molecular formula is C19H20N4O2. The van der Waals surface area contributed by atoms with Crippen LogP contribution in [0.4, 0.5) is 5.82 Å². The zero-order valence-corrected chi connectivity index (χ0v) is 14.3. The van der Waals surface area contributed by atoms with Crippen molar-refractivity contribution >= 4 is 17.2 Å². The van der Waals surface area contributed by atoms with Crippen LogP contribution in [-0.4, -0.2) is 20.2 Å². The molecule has 2 aromatic heterocycles. The van der Waals surface area contributed by atoms with Crippen molar-refractivity contribution in [2.24, 2.45) is 5.92 Å². The van der Waals surface area contributed by atoms with Crippen LogP contribution in [0, 0.1) is 5.92 Å². The SMILES string of the molecule is CC(C)CCC(=O)c1ccc2c(c1)Cc1c-2[nH]c(=O)c2ncc(N)n12. The molecule has 6 nitrogen and oxygen atoms in total. The monoisotopic (exact) mass is 336 g/mol. The van der Waals surface area contributed by atoms with Crippen LogP contribution in [0.15, 0.2) is 29.2 Å². The molecule has 2 heterocycles. The highest BCUT2D eigenvalue weighted by Crippen LogP contribution is 2.36. The van der Waals surface area contributed by atoms with E-state index in [-0.39, 0.29) is 11.3 Å². The number of aromatic amines is 1. The van der Waals surface area contributed by atoms with Crippen molar-refractivity contribution in [1.29, 1.82) is 0 Å². The Kier molecular flexibility index (Phi) is 3.49. The summed E-state index contributed by atoms with van der Waals surface area (Å²) >= 11 is 0. The van der Waals surface area contributed by atoms with E-state index < -0.39 is 0 Å². The lowest BCUT2D eigenvalue weighted by Gasteiger charge is -2.06. The van der Waals surface area contributed by atoms with Gasteiger partial charge in [-0.15, -0.1) is 0 Å². The second kappa shape index (κ2) is 5.58. The average Bonchev–Trinajstić information content (AvgIpc) is 3.13. The van der Waals surface area contributed by atoms with E-state index in [9.17, 15) is 9.59 Å². The Balaban J connectivity index is 1.76. The predicted molar refractivity (Wildman–Crippen MR) is 96.9 cm³/mol. The van der Waals surface area contributed by atoms with Gasteiger partial charge >= 0.3 is 0 Å². The number of nitrogen functional groups attached to an aromatic ring is 1. The molecule has 0 aliphatic heterocycles. The summed E-state index contributed by atoms with van der Waals surface area (Å²) in [6.07, 6.45) is 3.55. The molecule has 1 aliphatic carbocycles. The number of hydrogen-bond acceptors (Lipinski definition) is 4. The minimum atomic E-state index is -0.264. The molecule has 0 atom stereocenters. The molecule has 1 aromatic carbocycles. The summed E-state index contributed by atoms with van der Waals surface area (Å²) in [4.78, 5) is 31.6. The number of carbonyl (C=O) groups is 1. The van der Waals surface area contributed by atoms with Crippen molar-refractivity contribution in [3.63, 3.8) is 0 Å². The molecular weight excluding hydrogens is 316 g/mol. The number of H-pyrrole nitrogens is 1. The number of ketones is 1. The van der Waals surface area contributed by atoms with Crippen molar-refractivity contribution in [1.82, 2.24) is 14.4 Å². The van der Waals surface area contributed by atoms with E-state index in [0.717, 1.165) is 34.5 Å². The second-order valence-corrected chi connectivity index (χ2v) is 7.02. The van der Waals surface area contributed by atoms with Crippen LogP contribution < -0.4 is 11.3 Å². The fraction of sp³-hybridized carbons (Fsp3) is 0.316. The third kappa shape index (κ3) is 2.45. The summed E-state index contributed by atoms with van der Waals surface area (Å²) in [5.74, 6) is 1.11. The number of carbonyl (C=O) groups excluding carboxylic acids is 1. The van der Waals surface area contributed by atoms with Crippen LogP contribution in [-0.2, 0) is 6.42 Å². The van der Waals surface area contributed by atoms with Gasteiger partial charge in [0.05, 0.1) is 17.6 Å². The number of rotatable bonds is 4. The van der Waals surface area contributed by atoms with Crippen LogP contribution in [0.25, 0.3) is 16.9 Å². The highest BCUT2D eigenvalue weighted by Gasteiger charge is 2.25. The van der Waals surface area contributed by atoms with E-state index in [1.165, 1.54) is 6.20 Å². The molecule has 128 valence electrons. The largest absolute Gasteiger partial charge is 0.383 e. The van der Waals surface area contributed by atoms with Crippen molar-refractivity contribution in [3.8, 4) is 11.3 Å². The van der Waals surface area contributed by atoms with Crippen LogP contribution in [0.2, 0.25) is 0 Å². The Bertz CT molecular complexity index is 1060. The van der Waals surface area contributed by atoms with E-state index in [1.807, 2.05) is 18.2 Å². The van der Waals surface area contributed by atoms with E-state index in [4.69, 9.17) is 5.73 Å². The lowest BCUT2D eigenvalue weighted by Crippen LogP contribution is -2.14. The summed E-state index contributed by atoms with van der Waals surface area (Å²) in [5, 5.41) is 0. The van der Waals surface area contributed by atoms with Crippen molar-refractivity contribution < 1.29 is 4.79 Å². The standard InChI is InChI=1S/C19H20N4O2/c1-10(2)3-6-15(24)11-4-5-13-12(7-11)8-14-17(13)22-19(25)18-21-9-16(20)23(14)18/h4-5,7,9-10H,3,6,8,20H2,1-2H3,(H,22,25). The van der Waals surface area contributed by atoms with Gasteiger partial charge in [-0.25, -0.2) is 4.98 Å². The first kappa shape index (κ1) is 15.6. The highest BCUT2D eigenvalue weighted by atomic mass is 16.1. The zero-order valence-electron chi connectivity index (χ0n) is 14.3. The van der Waals surface area contributed by atoms with Crippen molar-refractivity contribution in [3.05, 3.63) is 51.6 Å². The summed E-state index contributed by atoms with van der Waals surface area (Å²) in [7, 11) is 0. The molecule has 0 spiro atoms. The molecule has 1 aliphatic rings. The highest BCUT2D eigenvalue weighted by molar-refractivity contribution is 5.97.